The van der Waals surface area contributed by atoms with Gasteiger partial charge in [0.25, 0.3) is 0 Å². The third kappa shape index (κ3) is 3.31. The first-order chi connectivity index (χ1) is 7.02. The molecule has 1 heterocycles. The molecule has 1 aromatic rings. The van der Waals surface area contributed by atoms with E-state index in [2.05, 4.69) is 38.7 Å². The van der Waals surface area contributed by atoms with Crippen LogP contribution in [0.5, 0.6) is 0 Å². The van der Waals surface area contributed by atoms with Gasteiger partial charge in [0.1, 0.15) is 0 Å². The van der Waals surface area contributed by atoms with Crippen LogP contribution in [0.1, 0.15) is 32.0 Å². The molecule has 0 aliphatic heterocycles. The van der Waals surface area contributed by atoms with Gasteiger partial charge < -0.3 is 5.73 Å². The minimum atomic E-state index is 0.207. The smallest absolute Gasteiger partial charge is 0.0448 e. The fourth-order valence-electron chi connectivity index (χ4n) is 1.64. The number of hydrogen-bond donors (Lipinski definition) is 1. The van der Waals surface area contributed by atoms with Crippen molar-refractivity contribution in [1.29, 1.82) is 0 Å². The average Bonchev–Trinajstić information content (AvgIpc) is 2.20. The van der Waals surface area contributed by atoms with Crippen molar-refractivity contribution < 1.29 is 0 Å². The van der Waals surface area contributed by atoms with Gasteiger partial charge in [0, 0.05) is 24.4 Å². The summed E-state index contributed by atoms with van der Waals surface area (Å²) < 4.78 is 0. The van der Waals surface area contributed by atoms with Crippen LogP contribution in [0, 0.1) is 18.8 Å². The Morgan fingerprint density at radius 3 is 2.53 bits per heavy atom. The number of hydrogen-bond acceptors (Lipinski definition) is 2. The van der Waals surface area contributed by atoms with Crippen molar-refractivity contribution in [2.75, 3.05) is 0 Å². The van der Waals surface area contributed by atoms with Crippen LogP contribution in [-0.2, 0) is 6.42 Å². The molecule has 2 nitrogen and oxygen atoms in total. The molecule has 0 bridgehead atoms. The number of rotatable bonds is 4. The number of pyridine rings is 1. The molecule has 2 N–H and O–H groups in total. The zero-order chi connectivity index (χ0) is 11.4. The maximum atomic E-state index is 6.18. The first-order valence-electron chi connectivity index (χ1n) is 5.68. The summed E-state index contributed by atoms with van der Waals surface area (Å²) in [5.41, 5.74) is 8.56. The topological polar surface area (TPSA) is 38.9 Å². The largest absolute Gasteiger partial charge is 0.327 e. The summed E-state index contributed by atoms with van der Waals surface area (Å²) in [6, 6.07) is 4.27. The lowest BCUT2D eigenvalue weighted by molar-refractivity contribution is 0.342. The monoisotopic (exact) mass is 206 g/mol. The van der Waals surface area contributed by atoms with Crippen LogP contribution in [0.3, 0.4) is 0 Å². The molecule has 0 radical (unpaired) electrons. The summed E-state index contributed by atoms with van der Waals surface area (Å²) in [6.07, 6.45) is 2.72. The Kier molecular flexibility index (Phi) is 4.28. The van der Waals surface area contributed by atoms with E-state index in [4.69, 9.17) is 5.73 Å². The SMILES string of the molecule is Cc1cccnc1CC(N)C(C)C(C)C. The van der Waals surface area contributed by atoms with Crippen LogP contribution in [0.2, 0.25) is 0 Å². The van der Waals surface area contributed by atoms with Gasteiger partial charge in [-0.3, -0.25) is 4.98 Å². The van der Waals surface area contributed by atoms with Gasteiger partial charge in [-0.15, -0.1) is 0 Å². The van der Waals surface area contributed by atoms with E-state index in [1.165, 1.54) is 5.56 Å². The molecule has 2 atom stereocenters. The first kappa shape index (κ1) is 12.2. The number of aromatic nitrogens is 1. The van der Waals surface area contributed by atoms with Crippen LogP contribution < -0.4 is 5.73 Å². The van der Waals surface area contributed by atoms with Gasteiger partial charge in [0.15, 0.2) is 0 Å². The highest BCUT2D eigenvalue weighted by Crippen LogP contribution is 2.16. The van der Waals surface area contributed by atoms with Gasteiger partial charge in [-0.05, 0) is 30.4 Å². The van der Waals surface area contributed by atoms with Gasteiger partial charge in [0.2, 0.25) is 0 Å². The molecule has 15 heavy (non-hydrogen) atoms. The van der Waals surface area contributed by atoms with Crippen molar-refractivity contribution in [1.82, 2.24) is 4.98 Å². The molecule has 0 saturated heterocycles. The van der Waals surface area contributed by atoms with Crippen molar-refractivity contribution in [3.8, 4) is 0 Å². The van der Waals surface area contributed by atoms with Crippen LogP contribution in [-0.4, -0.2) is 11.0 Å². The standard InChI is InChI=1S/C13H22N2/c1-9(2)11(4)12(14)8-13-10(3)6-5-7-15-13/h5-7,9,11-12H,8,14H2,1-4H3. The highest BCUT2D eigenvalue weighted by molar-refractivity contribution is 5.18. The summed E-state index contributed by atoms with van der Waals surface area (Å²) in [4.78, 5) is 4.38. The molecule has 0 aromatic carbocycles. The summed E-state index contributed by atoms with van der Waals surface area (Å²) in [7, 11) is 0. The van der Waals surface area contributed by atoms with E-state index in [9.17, 15) is 0 Å². The lowest BCUT2D eigenvalue weighted by atomic mass is 9.88. The number of nitrogens with two attached hydrogens (primary N) is 1. The van der Waals surface area contributed by atoms with Gasteiger partial charge >= 0.3 is 0 Å². The second-order valence-corrected chi connectivity index (χ2v) is 4.74. The minimum absolute atomic E-state index is 0.207. The molecule has 0 aliphatic carbocycles. The van der Waals surface area contributed by atoms with Crippen molar-refractivity contribution >= 4 is 0 Å². The maximum Gasteiger partial charge on any atom is 0.0448 e. The van der Waals surface area contributed by atoms with E-state index in [-0.39, 0.29) is 6.04 Å². The molecule has 0 spiro atoms. The van der Waals surface area contributed by atoms with Gasteiger partial charge in [0.05, 0.1) is 0 Å². The second kappa shape index (κ2) is 5.26. The molecule has 0 fully saturated rings. The van der Waals surface area contributed by atoms with Gasteiger partial charge in [-0.2, -0.15) is 0 Å². The quantitative estimate of drug-likeness (QED) is 0.822. The Hall–Kier alpha value is -0.890. The lowest BCUT2D eigenvalue weighted by Crippen LogP contribution is -2.34. The van der Waals surface area contributed by atoms with Gasteiger partial charge in [-0.1, -0.05) is 26.8 Å². The zero-order valence-corrected chi connectivity index (χ0v) is 10.2. The predicted molar refractivity (Wildman–Crippen MR) is 64.7 cm³/mol. The Morgan fingerprint density at radius 2 is 2.00 bits per heavy atom. The first-order valence-corrected chi connectivity index (χ1v) is 5.68. The number of nitrogens with zero attached hydrogens (tertiary/aromatic N) is 1. The van der Waals surface area contributed by atoms with Crippen molar-refractivity contribution in [3.05, 3.63) is 29.6 Å². The zero-order valence-electron chi connectivity index (χ0n) is 10.2. The van der Waals surface area contributed by atoms with E-state index < -0.39 is 0 Å². The van der Waals surface area contributed by atoms with Crippen molar-refractivity contribution in [3.63, 3.8) is 0 Å². The summed E-state index contributed by atoms with van der Waals surface area (Å²) >= 11 is 0. The van der Waals surface area contributed by atoms with Crippen LogP contribution in [0.15, 0.2) is 18.3 Å². The Balaban J connectivity index is 2.66. The molecule has 1 rings (SSSR count). The van der Waals surface area contributed by atoms with Crippen LogP contribution in [0.4, 0.5) is 0 Å². The summed E-state index contributed by atoms with van der Waals surface area (Å²) in [5.74, 6) is 1.16. The predicted octanol–water partition coefficient (Wildman–Crippen LogP) is 2.55. The Labute approximate surface area is 92.9 Å². The van der Waals surface area contributed by atoms with Crippen LogP contribution in [0.25, 0.3) is 0 Å². The molecule has 0 aliphatic rings. The molecular weight excluding hydrogens is 184 g/mol. The Bertz CT molecular complexity index is 307. The molecule has 1 aromatic heterocycles. The molecule has 0 amide bonds. The third-order valence-corrected chi connectivity index (χ3v) is 3.27. The summed E-state index contributed by atoms with van der Waals surface area (Å²) in [6.45, 7) is 8.74. The molecule has 2 unspecified atom stereocenters. The molecule has 0 saturated carbocycles. The fraction of sp³-hybridized carbons (Fsp3) is 0.615. The van der Waals surface area contributed by atoms with E-state index in [0.717, 1.165) is 12.1 Å². The van der Waals surface area contributed by atoms with E-state index in [1.807, 2.05) is 12.3 Å². The highest BCUT2D eigenvalue weighted by atomic mass is 14.7. The van der Waals surface area contributed by atoms with E-state index >= 15 is 0 Å². The third-order valence-electron chi connectivity index (χ3n) is 3.27. The maximum absolute atomic E-state index is 6.18. The average molecular weight is 206 g/mol. The minimum Gasteiger partial charge on any atom is -0.327 e. The lowest BCUT2D eigenvalue weighted by Gasteiger charge is -2.23. The molecule has 2 heteroatoms. The van der Waals surface area contributed by atoms with E-state index in [1.54, 1.807) is 0 Å². The highest BCUT2D eigenvalue weighted by Gasteiger charge is 2.17. The number of aryl methyl sites for hydroxylation is 1. The molecule has 84 valence electrons. The van der Waals surface area contributed by atoms with E-state index in [0.29, 0.717) is 11.8 Å². The normalized spacial score (nSPS) is 15.3. The Morgan fingerprint density at radius 1 is 1.33 bits per heavy atom. The fourth-order valence-corrected chi connectivity index (χ4v) is 1.64. The van der Waals surface area contributed by atoms with Crippen molar-refractivity contribution in [2.24, 2.45) is 17.6 Å². The van der Waals surface area contributed by atoms with Crippen molar-refractivity contribution in [2.45, 2.75) is 40.2 Å². The molecular formula is C13H22N2. The van der Waals surface area contributed by atoms with Gasteiger partial charge in [-0.25, -0.2) is 0 Å². The second-order valence-electron chi connectivity index (χ2n) is 4.74. The van der Waals surface area contributed by atoms with Crippen LogP contribution >= 0.6 is 0 Å². The summed E-state index contributed by atoms with van der Waals surface area (Å²) in [5, 5.41) is 0.